The number of rotatable bonds is 5. The number of anilines is 3. The molecule has 0 fully saturated rings. The number of hydrogen-bond acceptors (Lipinski definition) is 5. The molecule has 11 heteroatoms. The van der Waals surface area contributed by atoms with E-state index in [9.17, 15) is 26.3 Å². The molecule has 1 aromatic heterocycles. The Balaban J connectivity index is 1.98. The van der Waals surface area contributed by atoms with Gasteiger partial charge in [-0.15, -0.1) is 13.2 Å². The molecule has 0 saturated heterocycles. The van der Waals surface area contributed by atoms with Crippen LogP contribution in [-0.4, -0.2) is 23.4 Å². The summed E-state index contributed by atoms with van der Waals surface area (Å²) in [6.45, 7) is 0. The molecular weight excluding hydrogens is 402 g/mol. The third-order valence-electron chi connectivity index (χ3n) is 3.61. The summed E-state index contributed by atoms with van der Waals surface area (Å²) in [6, 6.07) is 8.05. The van der Waals surface area contributed by atoms with E-state index in [0.29, 0.717) is 0 Å². The van der Waals surface area contributed by atoms with Crippen LogP contribution in [0.5, 0.6) is 5.75 Å². The largest absolute Gasteiger partial charge is 0.573 e. The third kappa shape index (κ3) is 4.86. The zero-order valence-corrected chi connectivity index (χ0v) is 14.6. The Labute approximate surface area is 160 Å². The molecule has 0 amide bonds. The van der Waals surface area contributed by atoms with Crippen LogP contribution >= 0.6 is 0 Å². The maximum atomic E-state index is 13.9. The molecule has 2 aromatic carbocycles. The van der Waals surface area contributed by atoms with Crippen LogP contribution in [-0.2, 0) is 0 Å². The summed E-state index contributed by atoms with van der Waals surface area (Å²) in [5.74, 6) is -4.87. The Hall–Kier alpha value is -3.50. The summed E-state index contributed by atoms with van der Waals surface area (Å²) < 4.78 is 81.6. The smallest absolute Gasteiger partial charge is 0.406 e. The lowest BCUT2D eigenvalue weighted by molar-refractivity contribution is -0.274. The molecule has 2 N–H and O–H groups in total. The number of aromatic nitrogens is 2. The van der Waals surface area contributed by atoms with Gasteiger partial charge in [0.15, 0.2) is 17.5 Å². The van der Waals surface area contributed by atoms with Gasteiger partial charge in [0.05, 0.1) is 11.4 Å². The van der Waals surface area contributed by atoms with Crippen molar-refractivity contribution < 1.29 is 31.1 Å². The molecule has 0 bridgehead atoms. The summed E-state index contributed by atoms with van der Waals surface area (Å²) in [6.07, 6.45) is -4.86. The van der Waals surface area contributed by atoms with Gasteiger partial charge in [0, 0.05) is 18.7 Å². The van der Waals surface area contributed by atoms with Crippen LogP contribution in [0.2, 0.25) is 0 Å². The van der Waals surface area contributed by atoms with Crippen LogP contribution < -0.4 is 15.4 Å². The molecule has 0 unspecified atom stereocenters. The molecule has 0 aliphatic rings. The molecule has 1 heterocycles. The van der Waals surface area contributed by atoms with Gasteiger partial charge < -0.3 is 15.4 Å². The van der Waals surface area contributed by atoms with Crippen molar-refractivity contribution in [2.45, 2.75) is 6.36 Å². The first kappa shape index (κ1) is 20.2. The number of halogens is 6. The highest BCUT2D eigenvalue weighted by atomic mass is 19.4. The molecule has 0 radical (unpaired) electrons. The zero-order valence-electron chi connectivity index (χ0n) is 14.6. The minimum atomic E-state index is -4.86. The van der Waals surface area contributed by atoms with Crippen LogP contribution in [0.1, 0.15) is 0 Å². The average Bonchev–Trinajstić information content (AvgIpc) is 2.67. The molecule has 0 spiro atoms. The standard InChI is InChI=1S/C18H12F6N4O/c1-25-17-27-13(9-3-2-4-10(7-9)29-18(22,23)24)8-14(28-17)26-12-6-5-11(19)15(20)16(12)21/h2-8H,1H3,(H2,25,26,27,28). The molecule has 5 nitrogen and oxygen atoms in total. The number of alkyl halides is 3. The Morgan fingerprint density at radius 3 is 2.38 bits per heavy atom. The van der Waals surface area contributed by atoms with Gasteiger partial charge in [0.25, 0.3) is 0 Å². The lowest BCUT2D eigenvalue weighted by atomic mass is 10.1. The first-order valence-electron chi connectivity index (χ1n) is 8.00. The summed E-state index contributed by atoms with van der Waals surface area (Å²) >= 11 is 0. The van der Waals surface area contributed by atoms with Gasteiger partial charge in [-0.3, -0.25) is 0 Å². The summed E-state index contributed by atoms with van der Waals surface area (Å²) in [7, 11) is 1.49. The minimum Gasteiger partial charge on any atom is -0.406 e. The number of nitrogens with zero attached hydrogens (tertiary/aromatic N) is 2. The van der Waals surface area contributed by atoms with Gasteiger partial charge in [-0.25, -0.2) is 18.2 Å². The second-order valence-electron chi connectivity index (χ2n) is 5.64. The predicted octanol–water partition coefficient (Wildman–Crippen LogP) is 5.24. The van der Waals surface area contributed by atoms with Crippen molar-refractivity contribution in [3.63, 3.8) is 0 Å². The van der Waals surface area contributed by atoms with Crippen LogP contribution in [0.3, 0.4) is 0 Å². The fourth-order valence-electron chi connectivity index (χ4n) is 2.38. The van der Waals surface area contributed by atoms with E-state index < -0.39 is 29.6 Å². The molecule has 0 atom stereocenters. The average molecular weight is 414 g/mol. The van der Waals surface area contributed by atoms with Crippen LogP contribution in [0.25, 0.3) is 11.3 Å². The third-order valence-corrected chi connectivity index (χ3v) is 3.61. The molecule has 0 aliphatic heterocycles. The summed E-state index contributed by atoms with van der Waals surface area (Å²) in [4.78, 5) is 8.15. The molecule has 0 saturated carbocycles. The number of hydrogen-bond donors (Lipinski definition) is 2. The maximum Gasteiger partial charge on any atom is 0.573 e. The van der Waals surface area contributed by atoms with E-state index in [1.807, 2.05) is 0 Å². The number of benzene rings is 2. The van der Waals surface area contributed by atoms with Gasteiger partial charge in [0.1, 0.15) is 11.6 Å². The molecule has 3 rings (SSSR count). The van der Waals surface area contributed by atoms with Crippen LogP contribution in [0, 0.1) is 17.5 Å². The summed E-state index contributed by atoms with van der Waals surface area (Å²) in [5, 5.41) is 5.14. The topological polar surface area (TPSA) is 59.1 Å². The Morgan fingerprint density at radius 2 is 1.69 bits per heavy atom. The van der Waals surface area contributed by atoms with Crippen LogP contribution in [0.4, 0.5) is 43.8 Å². The van der Waals surface area contributed by atoms with Crippen molar-refractivity contribution in [2.24, 2.45) is 0 Å². The number of nitrogens with one attached hydrogen (secondary N) is 2. The predicted molar refractivity (Wildman–Crippen MR) is 93.3 cm³/mol. The lowest BCUT2D eigenvalue weighted by Gasteiger charge is -2.12. The minimum absolute atomic E-state index is 0.00796. The maximum absolute atomic E-state index is 13.9. The van der Waals surface area contributed by atoms with Crippen molar-refractivity contribution >= 4 is 17.5 Å². The van der Waals surface area contributed by atoms with Gasteiger partial charge in [-0.1, -0.05) is 12.1 Å². The SMILES string of the molecule is CNc1nc(Nc2ccc(F)c(F)c2F)cc(-c2cccc(OC(F)(F)F)c2)n1. The van der Waals surface area contributed by atoms with Gasteiger partial charge >= 0.3 is 6.36 Å². The highest BCUT2D eigenvalue weighted by Gasteiger charge is 2.31. The summed E-state index contributed by atoms with van der Waals surface area (Å²) in [5.41, 5.74) is 0.0340. The van der Waals surface area contributed by atoms with Crippen LogP contribution in [0.15, 0.2) is 42.5 Å². The Morgan fingerprint density at radius 1 is 0.931 bits per heavy atom. The van der Waals surface area contributed by atoms with Gasteiger partial charge in [0.2, 0.25) is 5.95 Å². The lowest BCUT2D eigenvalue weighted by Crippen LogP contribution is -2.17. The van der Waals surface area contributed by atoms with Crippen molar-refractivity contribution in [2.75, 3.05) is 17.7 Å². The Kier molecular flexibility index (Phi) is 5.48. The normalized spacial score (nSPS) is 11.3. The second-order valence-corrected chi connectivity index (χ2v) is 5.64. The van der Waals surface area contributed by atoms with E-state index in [4.69, 9.17) is 0 Å². The number of ether oxygens (including phenoxy) is 1. The first-order valence-corrected chi connectivity index (χ1v) is 8.00. The van der Waals surface area contributed by atoms with Gasteiger partial charge in [-0.05, 0) is 24.3 Å². The fourth-order valence-corrected chi connectivity index (χ4v) is 2.38. The Bertz CT molecular complexity index is 1040. The van der Waals surface area contributed by atoms with Gasteiger partial charge in [-0.2, -0.15) is 4.98 Å². The fraction of sp³-hybridized carbons (Fsp3) is 0.111. The van der Waals surface area contributed by atoms with E-state index >= 15 is 0 Å². The quantitative estimate of drug-likeness (QED) is 0.442. The molecule has 152 valence electrons. The van der Waals surface area contributed by atoms with Crippen molar-refractivity contribution in [1.29, 1.82) is 0 Å². The molecular formula is C18H12F6N4O. The molecule has 29 heavy (non-hydrogen) atoms. The highest BCUT2D eigenvalue weighted by molar-refractivity contribution is 5.68. The zero-order chi connectivity index (χ0) is 21.2. The van der Waals surface area contributed by atoms with E-state index in [1.165, 1.54) is 25.2 Å². The first-order chi connectivity index (χ1) is 13.7. The molecule has 3 aromatic rings. The second kappa shape index (κ2) is 7.86. The highest BCUT2D eigenvalue weighted by Crippen LogP contribution is 2.30. The van der Waals surface area contributed by atoms with E-state index in [-0.39, 0.29) is 28.7 Å². The van der Waals surface area contributed by atoms with E-state index in [2.05, 4.69) is 25.3 Å². The van der Waals surface area contributed by atoms with Crippen molar-refractivity contribution in [3.8, 4) is 17.0 Å². The van der Waals surface area contributed by atoms with E-state index in [0.717, 1.165) is 24.3 Å². The molecule has 0 aliphatic carbocycles. The van der Waals surface area contributed by atoms with Crippen molar-refractivity contribution in [3.05, 3.63) is 59.9 Å². The monoisotopic (exact) mass is 414 g/mol. The van der Waals surface area contributed by atoms with E-state index in [1.54, 1.807) is 0 Å². The van der Waals surface area contributed by atoms with Crippen molar-refractivity contribution in [1.82, 2.24) is 9.97 Å².